The van der Waals surface area contributed by atoms with Crippen LogP contribution < -0.4 is 0 Å². The maximum atomic E-state index is 13.1. The summed E-state index contributed by atoms with van der Waals surface area (Å²) in [5.74, 6) is -1.64. The van der Waals surface area contributed by atoms with Crippen molar-refractivity contribution in [3.63, 3.8) is 0 Å². The van der Waals surface area contributed by atoms with Gasteiger partial charge in [0.1, 0.15) is 11.9 Å². The smallest absolute Gasteiger partial charge is 0.309 e. The average Bonchev–Trinajstić information content (AvgIpc) is 3.16. The zero-order valence-electron chi connectivity index (χ0n) is 20.4. The third-order valence-corrected chi connectivity index (χ3v) is 7.16. The van der Waals surface area contributed by atoms with Crippen molar-refractivity contribution >= 4 is 29.2 Å². The van der Waals surface area contributed by atoms with Crippen molar-refractivity contribution in [3.8, 4) is 0 Å². The van der Waals surface area contributed by atoms with Crippen LogP contribution in [-0.2, 0) is 14.3 Å². The van der Waals surface area contributed by atoms with E-state index in [2.05, 4.69) is 4.98 Å². The highest BCUT2D eigenvalue weighted by Crippen LogP contribution is 2.32. The third kappa shape index (κ3) is 7.45. The number of allylic oxidation sites excluding steroid dienone is 3. The van der Waals surface area contributed by atoms with Crippen LogP contribution in [0.15, 0.2) is 35.3 Å². The summed E-state index contributed by atoms with van der Waals surface area (Å²) >= 11 is 1.55. The normalized spacial score (nSPS) is 32.2. The average molecular weight is 476 g/mol. The Morgan fingerprint density at radius 1 is 1.18 bits per heavy atom. The van der Waals surface area contributed by atoms with Gasteiger partial charge in [0.15, 0.2) is 0 Å². The Hall–Kier alpha value is -2.09. The highest BCUT2D eigenvalue weighted by Gasteiger charge is 2.42. The molecule has 2 N–H and O–H groups in total. The van der Waals surface area contributed by atoms with Crippen molar-refractivity contribution in [1.29, 1.82) is 0 Å². The number of aromatic nitrogens is 1. The number of hydrogen-bond acceptors (Lipinski definition) is 7. The van der Waals surface area contributed by atoms with E-state index < -0.39 is 35.6 Å². The fraction of sp³-hybridized carbons (Fsp3) is 0.577. The van der Waals surface area contributed by atoms with Gasteiger partial charge in [-0.2, -0.15) is 0 Å². The molecule has 0 fully saturated rings. The molecule has 1 aromatic heterocycles. The van der Waals surface area contributed by atoms with Crippen LogP contribution in [0, 0.1) is 24.2 Å². The van der Waals surface area contributed by atoms with Gasteiger partial charge in [-0.25, -0.2) is 4.98 Å². The molecular weight excluding hydrogens is 438 g/mol. The first kappa shape index (κ1) is 27.2. The Bertz CT molecular complexity index is 914. The van der Waals surface area contributed by atoms with Crippen LogP contribution >= 0.6 is 11.3 Å². The number of aliphatic hydroxyl groups is 2. The molecule has 2 rings (SSSR count). The molecule has 0 saturated carbocycles. The topological polar surface area (TPSA) is 96.7 Å². The summed E-state index contributed by atoms with van der Waals surface area (Å²) in [7, 11) is 0. The summed E-state index contributed by atoms with van der Waals surface area (Å²) in [5.41, 5.74) is 0.457. The standard InChI is InChI=1S/C26H37NO5S/c1-16-11-9-7-8-10-12-21(17(2)13-20-15-33-19(4)27-20)32-23(29)14-22(28)26(5,6)25(31)18(3)24(16)30/h7-10,13,15-16,18,21-22,24,28,30H,11-12,14H2,1-6H3/b9-7+,10-8-,17-13+/t16?,18-,21?,22+,24+/m1/s1. The van der Waals surface area contributed by atoms with E-state index in [1.807, 2.05) is 56.5 Å². The quantitative estimate of drug-likeness (QED) is 0.604. The molecule has 0 amide bonds. The van der Waals surface area contributed by atoms with Crippen LogP contribution in [0.2, 0.25) is 0 Å². The maximum absolute atomic E-state index is 13.1. The predicted octanol–water partition coefficient (Wildman–Crippen LogP) is 4.65. The lowest BCUT2D eigenvalue weighted by Gasteiger charge is -2.34. The summed E-state index contributed by atoms with van der Waals surface area (Å²) in [6, 6.07) is 0. The summed E-state index contributed by atoms with van der Waals surface area (Å²) in [4.78, 5) is 30.3. The summed E-state index contributed by atoms with van der Waals surface area (Å²) < 4.78 is 5.73. The van der Waals surface area contributed by atoms with E-state index in [1.54, 1.807) is 32.1 Å². The minimum Gasteiger partial charge on any atom is -0.457 e. The summed E-state index contributed by atoms with van der Waals surface area (Å²) in [6.45, 7) is 10.6. The molecule has 1 aliphatic heterocycles. The molecule has 0 aromatic carbocycles. The summed E-state index contributed by atoms with van der Waals surface area (Å²) in [5, 5.41) is 24.3. The molecule has 2 heterocycles. The number of hydrogen-bond donors (Lipinski definition) is 2. The minimum atomic E-state index is -1.23. The largest absolute Gasteiger partial charge is 0.457 e. The number of aliphatic hydroxyl groups excluding tert-OH is 2. The SMILES string of the molecule is C/C(=C\c1csc(C)n1)C1C/C=C\C=C\CC(C)[C@H](O)[C@@H](C)C(=O)C(C)(C)[C@@H](O)CC(=O)O1. The van der Waals surface area contributed by atoms with E-state index in [0.29, 0.717) is 12.8 Å². The lowest BCUT2D eigenvalue weighted by atomic mass is 9.73. The summed E-state index contributed by atoms with van der Waals surface area (Å²) in [6.07, 6.45) is 7.77. The number of carbonyl (C=O) groups is 2. The molecule has 0 aliphatic carbocycles. The number of ether oxygens (including phenoxy) is 1. The second kappa shape index (κ2) is 11.9. The Kier molecular flexibility index (Phi) is 9.76. The van der Waals surface area contributed by atoms with Gasteiger partial charge >= 0.3 is 5.97 Å². The van der Waals surface area contributed by atoms with Crippen molar-refractivity contribution in [2.24, 2.45) is 17.3 Å². The van der Waals surface area contributed by atoms with E-state index >= 15 is 0 Å². The van der Waals surface area contributed by atoms with Crippen molar-refractivity contribution in [1.82, 2.24) is 4.98 Å². The second-order valence-corrected chi connectivity index (χ2v) is 10.6. The lowest BCUT2D eigenvalue weighted by Crippen LogP contribution is -2.45. The first-order valence-corrected chi connectivity index (χ1v) is 12.3. The fourth-order valence-electron chi connectivity index (χ4n) is 3.91. The maximum Gasteiger partial charge on any atom is 0.309 e. The monoisotopic (exact) mass is 475 g/mol. The molecule has 0 saturated heterocycles. The number of Topliss-reactive ketones (excluding diaryl/α,β-unsaturated/α-hetero) is 1. The number of nitrogens with zero attached hydrogens (tertiary/aromatic N) is 1. The van der Waals surface area contributed by atoms with Gasteiger partial charge in [-0.05, 0) is 37.8 Å². The molecule has 1 aromatic rings. The lowest BCUT2D eigenvalue weighted by molar-refractivity contribution is -0.154. The van der Waals surface area contributed by atoms with Crippen molar-refractivity contribution < 1.29 is 24.5 Å². The predicted molar refractivity (Wildman–Crippen MR) is 132 cm³/mol. The Morgan fingerprint density at radius 2 is 1.82 bits per heavy atom. The zero-order valence-corrected chi connectivity index (χ0v) is 21.3. The van der Waals surface area contributed by atoms with Crippen LogP contribution in [0.4, 0.5) is 0 Å². The van der Waals surface area contributed by atoms with Crippen LogP contribution in [0.5, 0.6) is 0 Å². The van der Waals surface area contributed by atoms with Crippen LogP contribution in [-0.4, -0.2) is 45.3 Å². The van der Waals surface area contributed by atoms with E-state index in [4.69, 9.17) is 4.74 Å². The van der Waals surface area contributed by atoms with Gasteiger partial charge in [0, 0.05) is 17.7 Å². The van der Waals surface area contributed by atoms with Gasteiger partial charge in [-0.1, -0.05) is 52.0 Å². The van der Waals surface area contributed by atoms with Crippen molar-refractivity contribution in [2.45, 2.75) is 79.1 Å². The molecule has 33 heavy (non-hydrogen) atoms. The molecule has 7 heteroatoms. The number of ketones is 1. The van der Waals surface area contributed by atoms with Crippen LogP contribution in [0.25, 0.3) is 6.08 Å². The zero-order chi connectivity index (χ0) is 24.8. The second-order valence-electron chi connectivity index (χ2n) is 9.55. The first-order chi connectivity index (χ1) is 15.4. The number of esters is 1. The van der Waals surface area contributed by atoms with E-state index in [9.17, 15) is 19.8 Å². The molecule has 0 spiro atoms. The molecule has 0 bridgehead atoms. The molecule has 2 unspecified atom stereocenters. The van der Waals surface area contributed by atoms with E-state index in [1.165, 1.54) is 0 Å². The van der Waals surface area contributed by atoms with Gasteiger partial charge in [-0.3, -0.25) is 9.59 Å². The number of thiazole rings is 1. The van der Waals surface area contributed by atoms with Crippen LogP contribution in [0.1, 0.15) is 64.6 Å². The highest BCUT2D eigenvalue weighted by atomic mass is 32.1. The minimum absolute atomic E-state index is 0.126. The molecule has 6 nitrogen and oxygen atoms in total. The van der Waals surface area contributed by atoms with Crippen molar-refractivity contribution in [3.05, 3.63) is 46.0 Å². The van der Waals surface area contributed by atoms with Gasteiger partial charge < -0.3 is 14.9 Å². The van der Waals surface area contributed by atoms with Gasteiger partial charge in [0.2, 0.25) is 0 Å². The van der Waals surface area contributed by atoms with Crippen LogP contribution in [0.3, 0.4) is 0 Å². The van der Waals surface area contributed by atoms with Gasteiger partial charge in [-0.15, -0.1) is 11.3 Å². The Labute approximate surface area is 201 Å². The van der Waals surface area contributed by atoms with E-state index in [-0.39, 0.29) is 18.1 Å². The van der Waals surface area contributed by atoms with E-state index in [0.717, 1.165) is 16.3 Å². The molecule has 182 valence electrons. The fourth-order valence-corrected chi connectivity index (χ4v) is 4.48. The number of rotatable bonds is 2. The molecule has 1 aliphatic rings. The highest BCUT2D eigenvalue weighted by molar-refractivity contribution is 7.09. The molecule has 5 atom stereocenters. The van der Waals surface area contributed by atoms with Crippen molar-refractivity contribution in [2.75, 3.05) is 0 Å². The van der Waals surface area contributed by atoms with Gasteiger partial charge in [0.05, 0.1) is 34.7 Å². The molecule has 0 radical (unpaired) electrons. The van der Waals surface area contributed by atoms with Gasteiger partial charge in [0.25, 0.3) is 0 Å². The first-order valence-electron chi connectivity index (χ1n) is 11.4. The number of cyclic esters (lactones) is 1. The molecular formula is C26H37NO5S. The Balaban J connectivity index is 2.32. The third-order valence-electron chi connectivity index (χ3n) is 6.37. The Morgan fingerprint density at radius 3 is 2.42 bits per heavy atom. The number of carbonyl (C=O) groups excluding carboxylic acids is 2. The number of aryl methyl sites for hydroxylation is 1.